The highest BCUT2D eigenvalue weighted by Crippen LogP contribution is 2.23. The molecule has 0 spiro atoms. The Bertz CT molecular complexity index is 187. The Labute approximate surface area is 93.8 Å². The van der Waals surface area contributed by atoms with Crippen LogP contribution in [0.1, 0.15) is 25.7 Å². The molecule has 0 aromatic rings. The van der Waals surface area contributed by atoms with Gasteiger partial charge >= 0.3 is 0 Å². The van der Waals surface area contributed by atoms with Gasteiger partial charge in [-0.25, -0.2) is 0 Å². The molecule has 1 saturated carbocycles. The summed E-state index contributed by atoms with van der Waals surface area (Å²) < 4.78 is 0. The van der Waals surface area contributed by atoms with Crippen LogP contribution in [-0.4, -0.2) is 62.2 Å². The van der Waals surface area contributed by atoms with Gasteiger partial charge in [0.05, 0.1) is 0 Å². The van der Waals surface area contributed by atoms with Crippen molar-refractivity contribution < 1.29 is 0 Å². The van der Waals surface area contributed by atoms with Crippen molar-refractivity contribution in [3.05, 3.63) is 0 Å². The normalized spacial score (nSPS) is 35.6. The van der Waals surface area contributed by atoms with E-state index in [1.54, 1.807) is 0 Å². The molecule has 2 aliphatic rings. The lowest BCUT2D eigenvalue weighted by molar-refractivity contribution is 0.0837. The first-order chi connectivity index (χ1) is 7.29. The van der Waals surface area contributed by atoms with Gasteiger partial charge < -0.3 is 10.2 Å². The molecule has 0 radical (unpaired) electrons. The Kier molecular flexibility index (Phi) is 4.00. The van der Waals surface area contributed by atoms with Gasteiger partial charge in [0.1, 0.15) is 0 Å². The van der Waals surface area contributed by atoms with Crippen LogP contribution in [0.2, 0.25) is 0 Å². The standard InChI is InChI=1S/C12H25N3/c1-13-11-4-3-5-12(10-11)15-8-6-14(2)7-9-15/h11-13H,3-10H2,1-2H3/t11?,12-/m1/s1. The molecule has 2 atom stereocenters. The second-order valence-corrected chi connectivity index (χ2v) is 5.15. The van der Waals surface area contributed by atoms with Crippen LogP contribution < -0.4 is 5.32 Å². The van der Waals surface area contributed by atoms with E-state index in [-0.39, 0.29) is 0 Å². The molecule has 15 heavy (non-hydrogen) atoms. The molecule has 2 rings (SSSR count). The van der Waals surface area contributed by atoms with Gasteiger partial charge in [-0.2, -0.15) is 0 Å². The average molecular weight is 211 g/mol. The van der Waals surface area contributed by atoms with Crippen molar-refractivity contribution >= 4 is 0 Å². The van der Waals surface area contributed by atoms with Gasteiger partial charge in [-0.1, -0.05) is 6.42 Å². The monoisotopic (exact) mass is 211 g/mol. The Morgan fingerprint density at radius 1 is 1.07 bits per heavy atom. The quantitative estimate of drug-likeness (QED) is 0.728. The zero-order valence-electron chi connectivity index (χ0n) is 10.2. The highest BCUT2D eigenvalue weighted by Gasteiger charge is 2.27. The summed E-state index contributed by atoms with van der Waals surface area (Å²) in [5, 5.41) is 3.44. The maximum absolute atomic E-state index is 3.44. The summed E-state index contributed by atoms with van der Waals surface area (Å²) in [7, 11) is 4.34. The van der Waals surface area contributed by atoms with E-state index in [0.29, 0.717) is 0 Å². The van der Waals surface area contributed by atoms with E-state index in [4.69, 9.17) is 0 Å². The molecule has 1 saturated heterocycles. The molecular formula is C12H25N3. The number of rotatable bonds is 2. The fourth-order valence-corrected chi connectivity index (χ4v) is 2.94. The number of hydrogen-bond acceptors (Lipinski definition) is 3. The number of piperazine rings is 1. The topological polar surface area (TPSA) is 18.5 Å². The molecule has 3 heteroatoms. The lowest BCUT2D eigenvalue weighted by atomic mass is 9.89. The maximum Gasteiger partial charge on any atom is 0.0113 e. The molecule has 88 valence electrons. The van der Waals surface area contributed by atoms with Gasteiger partial charge in [0.2, 0.25) is 0 Å². The van der Waals surface area contributed by atoms with Gasteiger partial charge in [0, 0.05) is 38.3 Å². The number of nitrogens with one attached hydrogen (secondary N) is 1. The third-order valence-corrected chi connectivity index (χ3v) is 4.11. The Morgan fingerprint density at radius 3 is 2.47 bits per heavy atom. The number of hydrogen-bond donors (Lipinski definition) is 1. The molecule has 1 unspecified atom stereocenters. The lowest BCUT2D eigenvalue weighted by Crippen LogP contribution is -2.51. The van der Waals surface area contributed by atoms with Crippen molar-refractivity contribution in [2.45, 2.75) is 37.8 Å². The van der Waals surface area contributed by atoms with Gasteiger partial charge in [-0.15, -0.1) is 0 Å². The zero-order valence-corrected chi connectivity index (χ0v) is 10.2. The minimum absolute atomic E-state index is 0.767. The van der Waals surface area contributed by atoms with Crippen LogP contribution in [0, 0.1) is 0 Å². The van der Waals surface area contributed by atoms with E-state index >= 15 is 0 Å². The Balaban J connectivity index is 1.82. The van der Waals surface area contributed by atoms with Crippen molar-refractivity contribution in [3.63, 3.8) is 0 Å². The van der Waals surface area contributed by atoms with E-state index in [0.717, 1.165) is 12.1 Å². The molecule has 0 aromatic heterocycles. The molecule has 0 bridgehead atoms. The Hall–Kier alpha value is -0.120. The van der Waals surface area contributed by atoms with Crippen LogP contribution in [0.5, 0.6) is 0 Å². The van der Waals surface area contributed by atoms with E-state index in [2.05, 4.69) is 29.2 Å². The van der Waals surface area contributed by atoms with E-state index in [1.165, 1.54) is 51.9 Å². The van der Waals surface area contributed by atoms with E-state index in [1.807, 2.05) is 0 Å². The van der Waals surface area contributed by atoms with Gasteiger partial charge in [-0.05, 0) is 33.4 Å². The summed E-state index contributed by atoms with van der Waals surface area (Å²) in [5.41, 5.74) is 0. The van der Waals surface area contributed by atoms with Crippen LogP contribution in [-0.2, 0) is 0 Å². The summed E-state index contributed by atoms with van der Waals surface area (Å²) >= 11 is 0. The summed E-state index contributed by atoms with van der Waals surface area (Å²) in [6, 6.07) is 1.62. The van der Waals surface area contributed by atoms with E-state index < -0.39 is 0 Å². The predicted octanol–water partition coefficient (Wildman–Crippen LogP) is 0.764. The van der Waals surface area contributed by atoms with Crippen molar-refractivity contribution in [3.8, 4) is 0 Å². The first-order valence-corrected chi connectivity index (χ1v) is 6.39. The fraction of sp³-hybridized carbons (Fsp3) is 1.00. The first-order valence-electron chi connectivity index (χ1n) is 6.39. The van der Waals surface area contributed by atoms with Gasteiger partial charge in [0.25, 0.3) is 0 Å². The molecule has 3 nitrogen and oxygen atoms in total. The fourth-order valence-electron chi connectivity index (χ4n) is 2.94. The summed E-state index contributed by atoms with van der Waals surface area (Å²) in [6.07, 6.45) is 5.56. The van der Waals surface area contributed by atoms with Crippen molar-refractivity contribution in [1.29, 1.82) is 0 Å². The average Bonchev–Trinajstić information content (AvgIpc) is 2.30. The highest BCUT2D eigenvalue weighted by atomic mass is 15.3. The minimum Gasteiger partial charge on any atom is -0.317 e. The third kappa shape index (κ3) is 2.92. The van der Waals surface area contributed by atoms with Crippen molar-refractivity contribution in [1.82, 2.24) is 15.1 Å². The predicted molar refractivity (Wildman–Crippen MR) is 64.2 cm³/mol. The van der Waals surface area contributed by atoms with E-state index in [9.17, 15) is 0 Å². The summed E-state index contributed by atoms with van der Waals surface area (Å²) in [5.74, 6) is 0. The molecule has 1 aliphatic heterocycles. The third-order valence-electron chi connectivity index (χ3n) is 4.11. The summed E-state index contributed by atoms with van der Waals surface area (Å²) in [4.78, 5) is 5.15. The minimum atomic E-state index is 0.767. The zero-order chi connectivity index (χ0) is 10.7. The van der Waals surface area contributed by atoms with Crippen molar-refractivity contribution in [2.75, 3.05) is 40.3 Å². The largest absolute Gasteiger partial charge is 0.317 e. The SMILES string of the molecule is CNC1CCC[C@@H](N2CCN(C)CC2)C1. The molecule has 1 aliphatic carbocycles. The maximum atomic E-state index is 3.44. The molecular weight excluding hydrogens is 186 g/mol. The molecule has 2 fully saturated rings. The highest BCUT2D eigenvalue weighted by molar-refractivity contribution is 4.85. The molecule has 1 N–H and O–H groups in total. The first kappa shape index (κ1) is 11.4. The smallest absolute Gasteiger partial charge is 0.0113 e. The second-order valence-electron chi connectivity index (χ2n) is 5.15. The van der Waals surface area contributed by atoms with Crippen LogP contribution in [0.3, 0.4) is 0 Å². The number of likely N-dealkylation sites (N-methyl/N-ethyl adjacent to an activating group) is 1. The molecule has 0 amide bonds. The summed E-state index contributed by atoms with van der Waals surface area (Å²) in [6.45, 7) is 5.05. The van der Waals surface area contributed by atoms with Crippen LogP contribution in [0.4, 0.5) is 0 Å². The molecule has 1 heterocycles. The van der Waals surface area contributed by atoms with Crippen molar-refractivity contribution in [2.24, 2.45) is 0 Å². The lowest BCUT2D eigenvalue weighted by Gasteiger charge is -2.41. The number of nitrogens with zero attached hydrogens (tertiary/aromatic N) is 2. The molecule has 0 aromatic carbocycles. The Morgan fingerprint density at radius 2 is 1.80 bits per heavy atom. The van der Waals surface area contributed by atoms with Crippen LogP contribution in [0.25, 0.3) is 0 Å². The van der Waals surface area contributed by atoms with Gasteiger partial charge in [-0.3, -0.25) is 4.90 Å². The van der Waals surface area contributed by atoms with Crippen LogP contribution in [0.15, 0.2) is 0 Å². The van der Waals surface area contributed by atoms with Gasteiger partial charge in [0.15, 0.2) is 0 Å². The second kappa shape index (κ2) is 5.28. The van der Waals surface area contributed by atoms with Crippen LogP contribution >= 0.6 is 0 Å².